The minimum atomic E-state index is 0.833. The largest absolute Gasteiger partial charge is 0.151 e. The van der Waals surface area contributed by atoms with E-state index in [2.05, 4.69) is 77.0 Å². The maximum absolute atomic E-state index is 4.34. The summed E-state index contributed by atoms with van der Waals surface area (Å²) in [6.07, 6.45) is 2.22. The average Bonchev–Trinajstić information content (AvgIpc) is 2.78. The Morgan fingerprint density at radius 1 is 0.464 bits per heavy atom. The number of hydrogen-bond acceptors (Lipinski definition) is 2. The molecule has 0 fully saturated rings. The molecule has 4 aromatic rings. The van der Waals surface area contributed by atoms with Crippen molar-refractivity contribution in [1.29, 1.82) is 0 Å². The summed E-state index contributed by atoms with van der Waals surface area (Å²) in [5.41, 5.74) is 6.37. The molecule has 4 rings (SSSR count). The van der Waals surface area contributed by atoms with Gasteiger partial charge in [0.2, 0.25) is 0 Å². The molecule has 134 valence electrons. The molecule has 0 aliphatic rings. The van der Waals surface area contributed by atoms with Crippen LogP contribution in [0.4, 0.5) is 11.4 Å². The van der Waals surface area contributed by atoms with E-state index in [-0.39, 0.29) is 0 Å². The lowest BCUT2D eigenvalue weighted by molar-refractivity contribution is 1.23. The van der Waals surface area contributed by atoms with Gasteiger partial charge in [0.25, 0.3) is 0 Å². The van der Waals surface area contributed by atoms with Crippen molar-refractivity contribution in [2.24, 2.45) is 10.2 Å². The van der Waals surface area contributed by atoms with Crippen LogP contribution in [0.15, 0.2) is 125 Å². The van der Waals surface area contributed by atoms with Crippen LogP contribution in [-0.2, 0) is 0 Å². The first kappa shape index (κ1) is 17.6. The maximum Gasteiger partial charge on any atom is 0.0857 e. The molecule has 2 heteroatoms. The summed E-state index contributed by atoms with van der Waals surface area (Å²) in [6.45, 7) is 0. The van der Waals surface area contributed by atoms with Crippen molar-refractivity contribution in [2.75, 3.05) is 0 Å². The van der Waals surface area contributed by atoms with Gasteiger partial charge < -0.3 is 0 Å². The van der Waals surface area contributed by atoms with Gasteiger partial charge in [-0.3, -0.25) is 0 Å². The van der Waals surface area contributed by atoms with E-state index in [0.717, 1.165) is 16.9 Å². The summed E-state index contributed by atoms with van der Waals surface area (Å²) in [6, 6.07) is 38.8. The lowest BCUT2D eigenvalue weighted by Crippen LogP contribution is -1.88. The molecule has 0 aliphatic carbocycles. The van der Waals surface area contributed by atoms with Gasteiger partial charge in [-0.2, -0.15) is 10.2 Å². The summed E-state index contributed by atoms with van der Waals surface area (Å²) >= 11 is 0. The fourth-order valence-electron chi connectivity index (χ4n) is 2.98. The highest BCUT2D eigenvalue weighted by Gasteiger charge is 2.05. The van der Waals surface area contributed by atoms with Gasteiger partial charge in [0.1, 0.15) is 0 Å². The van der Waals surface area contributed by atoms with Crippen LogP contribution in [0.5, 0.6) is 0 Å². The molecule has 0 bridgehead atoms. The fourth-order valence-corrected chi connectivity index (χ4v) is 2.98. The van der Waals surface area contributed by atoms with E-state index in [4.69, 9.17) is 0 Å². The summed E-state index contributed by atoms with van der Waals surface area (Å²) in [5.74, 6) is 0. The van der Waals surface area contributed by atoms with Crippen molar-refractivity contribution in [3.8, 4) is 0 Å². The van der Waals surface area contributed by atoms with Crippen molar-refractivity contribution >= 4 is 23.0 Å². The Morgan fingerprint density at radius 2 is 0.929 bits per heavy atom. The predicted octanol–water partition coefficient (Wildman–Crippen LogP) is 7.69. The van der Waals surface area contributed by atoms with Gasteiger partial charge in [-0.25, -0.2) is 0 Å². The highest BCUT2D eigenvalue weighted by molar-refractivity contribution is 5.91. The van der Waals surface area contributed by atoms with Crippen LogP contribution in [0.3, 0.4) is 0 Å². The molecule has 0 heterocycles. The number of hydrogen-bond donors (Lipinski definition) is 0. The van der Waals surface area contributed by atoms with Gasteiger partial charge in [-0.1, -0.05) is 91.0 Å². The third-order valence-corrected chi connectivity index (χ3v) is 4.41. The molecule has 0 N–H and O–H groups in total. The minimum absolute atomic E-state index is 0.833. The van der Waals surface area contributed by atoms with E-state index in [9.17, 15) is 0 Å². The number of azo groups is 1. The molecule has 2 nitrogen and oxygen atoms in total. The molecule has 28 heavy (non-hydrogen) atoms. The molecule has 0 aliphatic heterocycles. The second kappa shape index (κ2) is 8.74. The van der Waals surface area contributed by atoms with Crippen LogP contribution >= 0.6 is 0 Å². The van der Waals surface area contributed by atoms with Crippen molar-refractivity contribution < 1.29 is 0 Å². The fraction of sp³-hybridized carbons (Fsp3) is 0. The van der Waals surface area contributed by atoms with Crippen LogP contribution in [-0.4, -0.2) is 0 Å². The zero-order chi connectivity index (χ0) is 19.0. The Labute approximate surface area is 165 Å². The average molecular weight is 360 g/mol. The Balaban J connectivity index is 1.66. The third-order valence-electron chi connectivity index (χ3n) is 4.41. The number of benzene rings is 4. The second-order valence-electron chi connectivity index (χ2n) is 6.42. The highest BCUT2D eigenvalue weighted by atomic mass is 15.1. The van der Waals surface area contributed by atoms with Crippen molar-refractivity contribution in [1.82, 2.24) is 0 Å². The quantitative estimate of drug-likeness (QED) is 0.257. The second-order valence-corrected chi connectivity index (χ2v) is 6.42. The van der Waals surface area contributed by atoms with Crippen LogP contribution in [0.25, 0.3) is 11.6 Å². The normalized spacial score (nSPS) is 11.6. The summed E-state index contributed by atoms with van der Waals surface area (Å²) in [7, 11) is 0. The molecule has 0 aromatic heterocycles. The molecule has 4 aromatic carbocycles. The van der Waals surface area contributed by atoms with E-state index < -0.39 is 0 Å². The van der Waals surface area contributed by atoms with Gasteiger partial charge in [0.15, 0.2) is 0 Å². The van der Waals surface area contributed by atoms with E-state index in [0.29, 0.717) is 0 Å². The maximum atomic E-state index is 4.34. The molecule has 0 atom stereocenters. The van der Waals surface area contributed by atoms with Gasteiger partial charge >= 0.3 is 0 Å². The Bertz CT molecular complexity index is 1070. The van der Waals surface area contributed by atoms with Gasteiger partial charge in [-0.15, -0.1) is 0 Å². The smallest absolute Gasteiger partial charge is 0.0857 e. The summed E-state index contributed by atoms with van der Waals surface area (Å²) in [5, 5.41) is 8.63. The highest BCUT2D eigenvalue weighted by Crippen LogP contribution is 2.28. The Kier molecular flexibility index (Phi) is 5.50. The van der Waals surface area contributed by atoms with Crippen LogP contribution < -0.4 is 0 Å². The lowest BCUT2D eigenvalue weighted by Gasteiger charge is -2.09. The number of nitrogens with zero attached hydrogens (tertiary/aromatic N) is 2. The van der Waals surface area contributed by atoms with E-state index >= 15 is 0 Å². The monoisotopic (exact) mass is 360 g/mol. The molecule has 0 radical (unpaired) electrons. The molecular formula is C26H20N2. The van der Waals surface area contributed by atoms with Crippen molar-refractivity contribution in [3.63, 3.8) is 0 Å². The van der Waals surface area contributed by atoms with Crippen LogP contribution in [0.1, 0.15) is 16.7 Å². The van der Waals surface area contributed by atoms with Crippen molar-refractivity contribution in [3.05, 3.63) is 132 Å². The molecule has 0 saturated carbocycles. The Hall–Kier alpha value is -3.78. The SMILES string of the molecule is C(=C(c1ccccc1)c1ccc(N=Nc2ccccc2)cc1)c1ccccc1. The standard InChI is InChI=1S/C26H20N2/c1-4-10-21(11-5-1)20-26(22-12-6-2-7-13-22)23-16-18-25(19-17-23)28-27-24-14-8-3-9-15-24/h1-20H. The zero-order valence-corrected chi connectivity index (χ0v) is 15.4. The van der Waals surface area contributed by atoms with E-state index in [1.54, 1.807) is 0 Å². The van der Waals surface area contributed by atoms with E-state index in [1.807, 2.05) is 54.6 Å². The van der Waals surface area contributed by atoms with E-state index in [1.165, 1.54) is 16.7 Å². The zero-order valence-electron chi connectivity index (χ0n) is 15.4. The predicted molar refractivity (Wildman–Crippen MR) is 117 cm³/mol. The first-order valence-corrected chi connectivity index (χ1v) is 9.28. The number of rotatable bonds is 5. The molecule has 0 spiro atoms. The minimum Gasteiger partial charge on any atom is -0.151 e. The molecule has 0 amide bonds. The lowest BCUT2D eigenvalue weighted by atomic mass is 9.95. The van der Waals surface area contributed by atoms with Crippen molar-refractivity contribution in [2.45, 2.75) is 0 Å². The topological polar surface area (TPSA) is 24.7 Å². The van der Waals surface area contributed by atoms with Crippen LogP contribution in [0, 0.1) is 0 Å². The van der Waals surface area contributed by atoms with Gasteiger partial charge in [0.05, 0.1) is 11.4 Å². The molecule has 0 saturated heterocycles. The molecular weight excluding hydrogens is 340 g/mol. The van der Waals surface area contributed by atoms with Crippen LogP contribution in [0.2, 0.25) is 0 Å². The Morgan fingerprint density at radius 3 is 1.54 bits per heavy atom. The molecule has 0 unspecified atom stereocenters. The third kappa shape index (κ3) is 4.49. The summed E-state index contributed by atoms with van der Waals surface area (Å²) in [4.78, 5) is 0. The van der Waals surface area contributed by atoms with Gasteiger partial charge in [-0.05, 0) is 52.6 Å². The first-order chi connectivity index (χ1) is 13.9. The summed E-state index contributed by atoms with van der Waals surface area (Å²) < 4.78 is 0. The first-order valence-electron chi connectivity index (χ1n) is 9.28. The van der Waals surface area contributed by atoms with Gasteiger partial charge in [0, 0.05) is 0 Å².